The maximum Gasteiger partial charge on any atom is 0.250 e. The summed E-state index contributed by atoms with van der Waals surface area (Å²) in [5.74, 6) is 0.776. The minimum atomic E-state index is -0.186. The van der Waals surface area contributed by atoms with E-state index in [9.17, 15) is 4.79 Å². The van der Waals surface area contributed by atoms with E-state index in [4.69, 9.17) is 11.6 Å². The van der Waals surface area contributed by atoms with E-state index in [1.54, 1.807) is 11.3 Å². The van der Waals surface area contributed by atoms with Gasteiger partial charge in [0.05, 0.1) is 11.5 Å². The molecule has 3 rings (SSSR count). The Balaban J connectivity index is 1.63. The van der Waals surface area contributed by atoms with Crippen LogP contribution in [-0.2, 0) is 11.3 Å². The molecule has 1 aromatic carbocycles. The molecule has 0 saturated carbocycles. The topological polar surface area (TPSA) is 72.2 Å². The molecule has 9 heteroatoms. The Labute approximate surface area is 170 Å². The first-order chi connectivity index (χ1) is 13.1. The maximum absolute atomic E-state index is 12.1. The number of hydrogen-bond acceptors (Lipinski definition) is 6. The van der Waals surface area contributed by atoms with Crippen LogP contribution in [-0.4, -0.2) is 32.1 Å². The number of halogens is 1. The van der Waals surface area contributed by atoms with Crippen molar-refractivity contribution in [2.24, 2.45) is 5.10 Å². The van der Waals surface area contributed by atoms with Gasteiger partial charge in [-0.3, -0.25) is 4.79 Å². The van der Waals surface area contributed by atoms with Crippen LogP contribution in [0.1, 0.15) is 18.7 Å². The van der Waals surface area contributed by atoms with Gasteiger partial charge < -0.3 is 4.57 Å². The van der Waals surface area contributed by atoms with Crippen LogP contribution in [0.15, 0.2) is 52.0 Å². The number of carbonyl (C=O) groups excluding carboxylic acids is 1. The van der Waals surface area contributed by atoms with Crippen molar-refractivity contribution in [1.82, 2.24) is 20.2 Å². The highest BCUT2D eigenvalue weighted by Gasteiger charge is 2.14. The second kappa shape index (κ2) is 9.16. The first-order valence-electron chi connectivity index (χ1n) is 8.27. The lowest BCUT2D eigenvalue weighted by molar-refractivity contribution is -0.118. The van der Waals surface area contributed by atoms with E-state index in [1.165, 1.54) is 11.8 Å². The van der Waals surface area contributed by atoms with Gasteiger partial charge in [-0.15, -0.1) is 21.5 Å². The monoisotopic (exact) mass is 419 g/mol. The van der Waals surface area contributed by atoms with Crippen molar-refractivity contribution in [2.45, 2.75) is 25.5 Å². The lowest BCUT2D eigenvalue weighted by Crippen LogP contribution is -2.21. The summed E-state index contributed by atoms with van der Waals surface area (Å²) in [5.41, 5.74) is 4.30. The molecule has 0 radical (unpaired) electrons. The lowest BCUT2D eigenvalue weighted by Gasteiger charge is -2.07. The molecule has 0 aliphatic heterocycles. The highest BCUT2D eigenvalue weighted by Crippen LogP contribution is 2.25. The van der Waals surface area contributed by atoms with Gasteiger partial charge in [0.2, 0.25) is 0 Å². The number of nitrogens with one attached hydrogen (secondary N) is 1. The van der Waals surface area contributed by atoms with Gasteiger partial charge in [-0.2, -0.15) is 5.10 Å². The normalized spacial score (nSPS) is 11.6. The number of nitrogens with zero attached hydrogens (tertiary/aromatic N) is 4. The number of benzene rings is 1. The minimum Gasteiger partial charge on any atom is -0.302 e. The number of hydrazone groups is 1. The van der Waals surface area contributed by atoms with Crippen LogP contribution in [0.2, 0.25) is 5.02 Å². The van der Waals surface area contributed by atoms with Gasteiger partial charge in [-0.1, -0.05) is 29.4 Å². The predicted molar refractivity (Wildman–Crippen MR) is 112 cm³/mol. The average Bonchev–Trinajstić information content (AvgIpc) is 3.34. The van der Waals surface area contributed by atoms with Crippen LogP contribution in [0.4, 0.5) is 0 Å². The van der Waals surface area contributed by atoms with Gasteiger partial charge in [0.25, 0.3) is 5.91 Å². The van der Waals surface area contributed by atoms with Crippen molar-refractivity contribution in [3.63, 3.8) is 0 Å². The number of thioether (sulfide) groups is 1. The van der Waals surface area contributed by atoms with Gasteiger partial charge in [0.1, 0.15) is 0 Å². The van der Waals surface area contributed by atoms with Crippen LogP contribution in [0.5, 0.6) is 0 Å². The summed E-state index contributed by atoms with van der Waals surface area (Å²) in [4.78, 5) is 13.1. The van der Waals surface area contributed by atoms with Crippen molar-refractivity contribution in [3.8, 4) is 11.4 Å². The van der Waals surface area contributed by atoms with Crippen molar-refractivity contribution >= 4 is 46.3 Å². The molecule has 0 bridgehead atoms. The molecule has 0 spiro atoms. The molecule has 6 nitrogen and oxygen atoms in total. The summed E-state index contributed by atoms with van der Waals surface area (Å²) in [5, 5.41) is 16.0. The van der Waals surface area contributed by atoms with E-state index in [0.717, 1.165) is 22.0 Å². The van der Waals surface area contributed by atoms with Gasteiger partial charge in [-0.05, 0) is 49.6 Å². The fraction of sp³-hybridized carbons (Fsp3) is 0.222. The Morgan fingerprint density at radius 2 is 2.07 bits per heavy atom. The molecule has 0 fully saturated rings. The van der Waals surface area contributed by atoms with Crippen molar-refractivity contribution in [2.75, 3.05) is 5.75 Å². The van der Waals surface area contributed by atoms with Crippen LogP contribution in [0, 0.1) is 0 Å². The zero-order valence-corrected chi connectivity index (χ0v) is 17.2. The summed E-state index contributed by atoms with van der Waals surface area (Å²) < 4.78 is 1.97. The Hall–Kier alpha value is -2.16. The van der Waals surface area contributed by atoms with E-state index in [1.807, 2.05) is 60.2 Å². The summed E-state index contributed by atoms with van der Waals surface area (Å²) in [6.07, 6.45) is 0. The van der Waals surface area contributed by atoms with Gasteiger partial charge in [0, 0.05) is 22.0 Å². The molecule has 1 N–H and O–H groups in total. The zero-order chi connectivity index (χ0) is 19.2. The third-order valence-electron chi connectivity index (χ3n) is 3.69. The minimum absolute atomic E-state index is 0.186. The Kier molecular flexibility index (Phi) is 6.65. The molecule has 3 aromatic rings. The third-order valence-corrected chi connectivity index (χ3v) is 5.89. The number of carbonyl (C=O) groups is 1. The Bertz CT molecular complexity index is 935. The van der Waals surface area contributed by atoms with E-state index in [-0.39, 0.29) is 11.7 Å². The summed E-state index contributed by atoms with van der Waals surface area (Å²) in [7, 11) is 0. The number of amides is 1. The van der Waals surface area contributed by atoms with E-state index in [2.05, 4.69) is 20.7 Å². The molecule has 0 unspecified atom stereocenters. The second-order valence-corrected chi connectivity index (χ2v) is 7.88. The van der Waals surface area contributed by atoms with Gasteiger partial charge in [0.15, 0.2) is 11.0 Å². The SMILES string of the molecule is CCn1c(SCC(=O)N/N=C(/C)c2cccs2)nnc1-c1ccc(Cl)cc1. The molecule has 0 saturated heterocycles. The molecular weight excluding hydrogens is 402 g/mol. The highest BCUT2D eigenvalue weighted by molar-refractivity contribution is 7.99. The van der Waals surface area contributed by atoms with E-state index in [0.29, 0.717) is 16.7 Å². The number of rotatable bonds is 7. The quantitative estimate of drug-likeness (QED) is 0.352. The second-order valence-electron chi connectivity index (χ2n) is 5.56. The van der Waals surface area contributed by atoms with Crippen molar-refractivity contribution in [3.05, 3.63) is 51.7 Å². The fourth-order valence-electron chi connectivity index (χ4n) is 2.34. The molecular formula is C18H18ClN5OS2. The fourth-order valence-corrected chi connectivity index (χ4v) is 3.94. The molecule has 2 aromatic heterocycles. The number of thiophene rings is 1. The standard InChI is InChI=1S/C18H18ClN5OS2/c1-3-24-17(13-6-8-14(19)9-7-13)22-23-18(24)27-11-16(25)21-20-12(2)15-5-4-10-26-15/h4-10H,3,11H2,1-2H3,(H,21,25)/b20-12-. The molecule has 2 heterocycles. The first-order valence-corrected chi connectivity index (χ1v) is 10.5. The molecule has 0 aliphatic rings. The Morgan fingerprint density at radius 3 is 2.74 bits per heavy atom. The van der Waals surface area contributed by atoms with Crippen LogP contribution < -0.4 is 5.43 Å². The molecule has 27 heavy (non-hydrogen) atoms. The molecule has 1 amide bonds. The molecule has 0 atom stereocenters. The smallest absolute Gasteiger partial charge is 0.250 e. The predicted octanol–water partition coefficient (Wildman–Crippen LogP) is 4.31. The highest BCUT2D eigenvalue weighted by atomic mass is 35.5. The Morgan fingerprint density at radius 1 is 1.30 bits per heavy atom. The van der Waals surface area contributed by atoms with Gasteiger partial charge >= 0.3 is 0 Å². The average molecular weight is 420 g/mol. The third kappa shape index (κ3) is 4.97. The van der Waals surface area contributed by atoms with Crippen LogP contribution in [0.3, 0.4) is 0 Å². The summed E-state index contributed by atoms with van der Waals surface area (Å²) in [6, 6.07) is 11.4. The van der Waals surface area contributed by atoms with Crippen molar-refractivity contribution < 1.29 is 4.79 Å². The maximum atomic E-state index is 12.1. The molecule has 140 valence electrons. The lowest BCUT2D eigenvalue weighted by atomic mass is 10.2. The van der Waals surface area contributed by atoms with Crippen molar-refractivity contribution in [1.29, 1.82) is 0 Å². The summed E-state index contributed by atoms with van der Waals surface area (Å²) in [6.45, 7) is 4.58. The van der Waals surface area contributed by atoms with Gasteiger partial charge in [-0.25, -0.2) is 5.43 Å². The zero-order valence-electron chi connectivity index (χ0n) is 14.8. The summed E-state index contributed by atoms with van der Waals surface area (Å²) >= 11 is 8.86. The number of hydrogen-bond donors (Lipinski definition) is 1. The molecule has 0 aliphatic carbocycles. The van der Waals surface area contributed by atoms with E-state index < -0.39 is 0 Å². The largest absolute Gasteiger partial charge is 0.302 e. The first kappa shape index (κ1) is 19.6. The van der Waals surface area contributed by atoms with Crippen LogP contribution >= 0.6 is 34.7 Å². The van der Waals surface area contributed by atoms with E-state index >= 15 is 0 Å². The number of aromatic nitrogens is 3. The van der Waals surface area contributed by atoms with Crippen LogP contribution in [0.25, 0.3) is 11.4 Å².